The first-order chi connectivity index (χ1) is 6.22. The van der Waals surface area contributed by atoms with Gasteiger partial charge in [-0.1, -0.05) is 12.1 Å². The molecule has 3 nitrogen and oxygen atoms in total. The Hall–Kier alpha value is -1.53. The Balaban J connectivity index is 2.51. The Bertz CT molecular complexity index is 317. The first-order valence-electron chi connectivity index (χ1n) is 4.13. The topological polar surface area (TPSA) is 56.0 Å². The third kappa shape index (κ3) is 3.14. The number of phenols is 1. The summed E-state index contributed by atoms with van der Waals surface area (Å²) in [6.45, 7) is 2.39. The Kier molecular flexibility index (Phi) is 3.30. The minimum absolute atomic E-state index is 0.164. The summed E-state index contributed by atoms with van der Waals surface area (Å²) in [4.78, 5) is 0. The van der Waals surface area contributed by atoms with Crippen molar-refractivity contribution < 1.29 is 5.11 Å². The Morgan fingerprint density at radius 1 is 1.62 bits per heavy atom. The lowest BCUT2D eigenvalue weighted by atomic mass is 10.2. The molecule has 0 spiro atoms. The SMILES string of the molecule is CC(C#N)NCc1cccc(O)c1. The Labute approximate surface area is 77.6 Å². The van der Waals surface area contributed by atoms with Crippen molar-refractivity contribution >= 4 is 0 Å². The molecule has 1 aromatic carbocycles. The first kappa shape index (κ1) is 9.56. The standard InChI is InChI=1S/C10H12N2O/c1-8(6-11)12-7-9-3-2-4-10(13)5-9/h2-5,8,12-13H,7H2,1H3. The molecule has 1 unspecified atom stereocenters. The van der Waals surface area contributed by atoms with Crippen LogP contribution in [0, 0.1) is 11.3 Å². The number of nitriles is 1. The van der Waals surface area contributed by atoms with Gasteiger partial charge in [0.2, 0.25) is 0 Å². The van der Waals surface area contributed by atoms with Gasteiger partial charge in [0, 0.05) is 6.54 Å². The van der Waals surface area contributed by atoms with Gasteiger partial charge in [-0.3, -0.25) is 5.32 Å². The third-order valence-corrected chi connectivity index (χ3v) is 1.72. The summed E-state index contributed by atoms with van der Waals surface area (Å²) in [7, 11) is 0. The van der Waals surface area contributed by atoms with E-state index < -0.39 is 0 Å². The van der Waals surface area contributed by atoms with Gasteiger partial charge in [-0.25, -0.2) is 0 Å². The molecule has 2 N–H and O–H groups in total. The van der Waals surface area contributed by atoms with Gasteiger partial charge in [0.05, 0.1) is 12.1 Å². The minimum Gasteiger partial charge on any atom is -0.508 e. The number of rotatable bonds is 3. The summed E-state index contributed by atoms with van der Waals surface area (Å²) >= 11 is 0. The van der Waals surface area contributed by atoms with Gasteiger partial charge in [-0.05, 0) is 24.6 Å². The predicted molar refractivity (Wildman–Crippen MR) is 50.0 cm³/mol. The number of hydrogen-bond acceptors (Lipinski definition) is 3. The number of nitrogens with zero attached hydrogens (tertiary/aromatic N) is 1. The summed E-state index contributed by atoms with van der Waals surface area (Å²) in [6, 6.07) is 8.89. The average Bonchev–Trinajstić information content (AvgIpc) is 2.14. The van der Waals surface area contributed by atoms with E-state index in [0.717, 1.165) is 5.56 Å². The molecule has 0 saturated heterocycles. The van der Waals surface area contributed by atoms with E-state index in [1.54, 1.807) is 25.1 Å². The van der Waals surface area contributed by atoms with Crippen LogP contribution in [0.15, 0.2) is 24.3 Å². The maximum Gasteiger partial charge on any atom is 0.115 e. The van der Waals surface area contributed by atoms with Gasteiger partial charge < -0.3 is 5.11 Å². The van der Waals surface area contributed by atoms with E-state index in [1.807, 2.05) is 6.07 Å². The molecule has 0 heterocycles. The van der Waals surface area contributed by atoms with Gasteiger partial charge >= 0.3 is 0 Å². The van der Waals surface area contributed by atoms with E-state index >= 15 is 0 Å². The second-order valence-corrected chi connectivity index (χ2v) is 2.90. The lowest BCUT2D eigenvalue weighted by Crippen LogP contribution is -2.23. The van der Waals surface area contributed by atoms with Gasteiger partial charge in [0.15, 0.2) is 0 Å². The molecule has 0 fully saturated rings. The zero-order valence-electron chi connectivity index (χ0n) is 7.49. The molecule has 0 saturated carbocycles. The molecule has 1 atom stereocenters. The molecule has 0 bridgehead atoms. The number of aromatic hydroxyl groups is 1. The van der Waals surface area contributed by atoms with Crippen molar-refractivity contribution in [1.82, 2.24) is 5.32 Å². The van der Waals surface area contributed by atoms with E-state index in [2.05, 4.69) is 11.4 Å². The lowest BCUT2D eigenvalue weighted by Gasteiger charge is -2.05. The summed E-state index contributed by atoms with van der Waals surface area (Å²) < 4.78 is 0. The fourth-order valence-electron chi connectivity index (χ4n) is 0.983. The number of phenolic OH excluding ortho intramolecular Hbond substituents is 1. The van der Waals surface area contributed by atoms with Crippen LogP contribution < -0.4 is 5.32 Å². The highest BCUT2D eigenvalue weighted by Gasteiger charge is 1.98. The maximum absolute atomic E-state index is 9.14. The maximum atomic E-state index is 9.14. The van der Waals surface area contributed by atoms with E-state index in [1.165, 1.54) is 0 Å². The largest absolute Gasteiger partial charge is 0.508 e. The minimum atomic E-state index is -0.164. The van der Waals surface area contributed by atoms with Crippen molar-refractivity contribution in [2.24, 2.45) is 0 Å². The molecule has 13 heavy (non-hydrogen) atoms. The van der Waals surface area contributed by atoms with Crippen LogP contribution in [0.1, 0.15) is 12.5 Å². The van der Waals surface area contributed by atoms with E-state index in [-0.39, 0.29) is 11.8 Å². The molecular weight excluding hydrogens is 164 g/mol. The van der Waals surface area contributed by atoms with Crippen molar-refractivity contribution in [3.63, 3.8) is 0 Å². The molecule has 0 aromatic heterocycles. The van der Waals surface area contributed by atoms with Crippen molar-refractivity contribution in [2.75, 3.05) is 0 Å². The van der Waals surface area contributed by atoms with E-state index in [4.69, 9.17) is 10.4 Å². The second-order valence-electron chi connectivity index (χ2n) is 2.90. The molecule has 3 heteroatoms. The van der Waals surface area contributed by atoms with Crippen molar-refractivity contribution in [1.29, 1.82) is 5.26 Å². The average molecular weight is 176 g/mol. The van der Waals surface area contributed by atoms with Gasteiger partial charge in [-0.2, -0.15) is 5.26 Å². The van der Waals surface area contributed by atoms with Gasteiger partial charge in [0.25, 0.3) is 0 Å². The zero-order valence-corrected chi connectivity index (χ0v) is 7.49. The monoisotopic (exact) mass is 176 g/mol. The molecule has 0 aliphatic rings. The Morgan fingerprint density at radius 3 is 3.00 bits per heavy atom. The summed E-state index contributed by atoms with van der Waals surface area (Å²) in [6.07, 6.45) is 0. The van der Waals surface area contributed by atoms with Crippen LogP contribution >= 0.6 is 0 Å². The molecule has 0 aliphatic heterocycles. The van der Waals surface area contributed by atoms with E-state index in [0.29, 0.717) is 6.54 Å². The van der Waals surface area contributed by atoms with Gasteiger partial charge in [0.1, 0.15) is 5.75 Å². The number of benzene rings is 1. The summed E-state index contributed by atoms with van der Waals surface area (Å²) in [5.74, 6) is 0.254. The highest BCUT2D eigenvalue weighted by atomic mass is 16.3. The van der Waals surface area contributed by atoms with Crippen molar-refractivity contribution in [2.45, 2.75) is 19.5 Å². The fraction of sp³-hybridized carbons (Fsp3) is 0.300. The predicted octanol–water partition coefficient (Wildman–Crippen LogP) is 1.39. The van der Waals surface area contributed by atoms with Crippen LogP contribution in [0.4, 0.5) is 0 Å². The fourth-order valence-corrected chi connectivity index (χ4v) is 0.983. The highest BCUT2D eigenvalue weighted by Crippen LogP contribution is 2.10. The van der Waals surface area contributed by atoms with Crippen molar-refractivity contribution in [3.05, 3.63) is 29.8 Å². The molecule has 0 amide bonds. The smallest absolute Gasteiger partial charge is 0.115 e. The second kappa shape index (κ2) is 4.48. The van der Waals surface area contributed by atoms with Crippen molar-refractivity contribution in [3.8, 4) is 11.8 Å². The first-order valence-corrected chi connectivity index (χ1v) is 4.13. The van der Waals surface area contributed by atoms with Crippen LogP contribution in [-0.2, 0) is 6.54 Å². The molecule has 68 valence electrons. The molecular formula is C10H12N2O. The van der Waals surface area contributed by atoms with Gasteiger partial charge in [-0.15, -0.1) is 0 Å². The quantitative estimate of drug-likeness (QED) is 0.731. The highest BCUT2D eigenvalue weighted by molar-refractivity contribution is 5.27. The normalized spacial score (nSPS) is 12.0. The number of nitrogens with one attached hydrogen (secondary N) is 1. The van der Waals surface area contributed by atoms with Crippen LogP contribution in [0.3, 0.4) is 0 Å². The molecule has 1 aromatic rings. The Morgan fingerprint density at radius 2 is 2.38 bits per heavy atom. The van der Waals surface area contributed by atoms with Crippen LogP contribution in [0.2, 0.25) is 0 Å². The van der Waals surface area contributed by atoms with Crippen LogP contribution in [-0.4, -0.2) is 11.1 Å². The van der Waals surface area contributed by atoms with E-state index in [9.17, 15) is 0 Å². The summed E-state index contributed by atoms with van der Waals surface area (Å²) in [5, 5.41) is 20.7. The molecule has 1 rings (SSSR count). The van der Waals surface area contributed by atoms with Crippen LogP contribution in [0.25, 0.3) is 0 Å². The number of hydrogen-bond donors (Lipinski definition) is 2. The molecule has 0 aliphatic carbocycles. The zero-order chi connectivity index (χ0) is 9.68. The third-order valence-electron chi connectivity index (χ3n) is 1.72. The van der Waals surface area contributed by atoms with Crippen LogP contribution in [0.5, 0.6) is 5.75 Å². The molecule has 0 radical (unpaired) electrons. The lowest BCUT2D eigenvalue weighted by molar-refractivity contribution is 0.474. The summed E-state index contributed by atoms with van der Waals surface area (Å²) in [5.41, 5.74) is 0.974.